The summed E-state index contributed by atoms with van der Waals surface area (Å²) in [4.78, 5) is 14.3. The Balaban J connectivity index is 1.75. The Hall–Kier alpha value is -3.23. The van der Waals surface area contributed by atoms with Crippen LogP contribution in [0.15, 0.2) is 35.0 Å². The van der Waals surface area contributed by atoms with Gasteiger partial charge in [-0.25, -0.2) is 8.78 Å². The van der Waals surface area contributed by atoms with Gasteiger partial charge in [0.15, 0.2) is 17.3 Å². The molecule has 0 unspecified atom stereocenters. The van der Waals surface area contributed by atoms with Crippen LogP contribution in [0.2, 0.25) is 0 Å². The van der Waals surface area contributed by atoms with Gasteiger partial charge in [-0.15, -0.1) is 0 Å². The molecular weight excluding hydrogens is 370 g/mol. The van der Waals surface area contributed by atoms with Gasteiger partial charge in [-0.05, 0) is 32.0 Å². The summed E-state index contributed by atoms with van der Waals surface area (Å²) in [7, 11) is 1.64. The lowest BCUT2D eigenvalue weighted by Gasteiger charge is -2.17. The number of aromatic nitrogens is 3. The first-order valence-corrected chi connectivity index (χ1v) is 8.69. The highest BCUT2D eigenvalue weighted by Gasteiger charge is 2.24. The molecule has 0 radical (unpaired) electrons. The van der Waals surface area contributed by atoms with Gasteiger partial charge in [-0.2, -0.15) is 5.10 Å². The molecule has 3 rings (SSSR count). The number of carbonyl (C=O) groups is 1. The van der Waals surface area contributed by atoms with E-state index < -0.39 is 11.6 Å². The van der Waals surface area contributed by atoms with Crippen molar-refractivity contribution >= 4 is 5.91 Å². The molecule has 2 aromatic heterocycles. The number of nitrogens with zero attached hydrogens (tertiary/aromatic N) is 4. The van der Waals surface area contributed by atoms with Crippen LogP contribution in [0.25, 0.3) is 0 Å². The lowest BCUT2D eigenvalue weighted by Crippen LogP contribution is -2.28. The zero-order valence-corrected chi connectivity index (χ0v) is 15.8. The van der Waals surface area contributed by atoms with Gasteiger partial charge in [0, 0.05) is 25.9 Å². The van der Waals surface area contributed by atoms with E-state index in [0.717, 1.165) is 17.8 Å². The number of ether oxygens (including phenoxy) is 1. The van der Waals surface area contributed by atoms with E-state index in [2.05, 4.69) is 10.3 Å². The number of benzene rings is 1. The molecule has 2 heterocycles. The van der Waals surface area contributed by atoms with Crippen LogP contribution in [-0.4, -0.2) is 32.8 Å². The molecule has 0 bridgehead atoms. The topological polar surface area (TPSA) is 73.4 Å². The van der Waals surface area contributed by atoms with Gasteiger partial charge in [0.2, 0.25) is 0 Å². The molecule has 28 heavy (non-hydrogen) atoms. The maximum absolute atomic E-state index is 13.8. The number of carbonyl (C=O) groups excluding carboxylic acids is 1. The Morgan fingerprint density at radius 1 is 1.32 bits per heavy atom. The van der Waals surface area contributed by atoms with Gasteiger partial charge < -0.3 is 14.2 Å². The molecule has 3 aromatic rings. The van der Waals surface area contributed by atoms with Crippen LogP contribution in [-0.2, 0) is 19.7 Å². The number of aryl methyl sites for hydroxylation is 2. The molecule has 0 aliphatic heterocycles. The van der Waals surface area contributed by atoms with Crippen LogP contribution in [0.1, 0.15) is 34.4 Å². The van der Waals surface area contributed by atoms with Crippen LogP contribution in [0.4, 0.5) is 8.78 Å². The van der Waals surface area contributed by atoms with Gasteiger partial charge in [0.1, 0.15) is 18.2 Å². The SMILES string of the molecule is CCn1nccc1CN(C)C(=O)c1noc(C)c1COc1ccc(F)cc1F. The van der Waals surface area contributed by atoms with Crippen molar-refractivity contribution < 1.29 is 22.8 Å². The van der Waals surface area contributed by atoms with Gasteiger partial charge >= 0.3 is 0 Å². The Morgan fingerprint density at radius 3 is 2.82 bits per heavy atom. The first kappa shape index (κ1) is 19.5. The summed E-state index contributed by atoms with van der Waals surface area (Å²) in [5, 5.41) is 8.02. The van der Waals surface area contributed by atoms with Crippen molar-refractivity contribution in [3.63, 3.8) is 0 Å². The van der Waals surface area contributed by atoms with E-state index in [1.165, 1.54) is 11.0 Å². The van der Waals surface area contributed by atoms with E-state index in [1.807, 2.05) is 13.0 Å². The van der Waals surface area contributed by atoms with E-state index in [0.29, 0.717) is 24.4 Å². The minimum atomic E-state index is -0.827. The van der Waals surface area contributed by atoms with Crippen molar-refractivity contribution in [3.8, 4) is 5.75 Å². The summed E-state index contributed by atoms with van der Waals surface area (Å²) in [5.41, 5.74) is 1.37. The summed E-state index contributed by atoms with van der Waals surface area (Å²) in [6, 6.07) is 4.85. The summed E-state index contributed by atoms with van der Waals surface area (Å²) in [6.45, 7) is 4.49. The molecule has 0 saturated carbocycles. The van der Waals surface area contributed by atoms with Crippen LogP contribution in [0, 0.1) is 18.6 Å². The van der Waals surface area contributed by atoms with Crippen molar-refractivity contribution in [1.29, 1.82) is 0 Å². The van der Waals surface area contributed by atoms with Crippen molar-refractivity contribution in [2.75, 3.05) is 7.05 Å². The average molecular weight is 390 g/mol. The fourth-order valence-electron chi connectivity index (χ4n) is 2.75. The molecule has 1 aromatic carbocycles. The first-order chi connectivity index (χ1) is 13.4. The second-order valence-electron chi connectivity index (χ2n) is 6.23. The Kier molecular flexibility index (Phi) is 5.72. The lowest BCUT2D eigenvalue weighted by molar-refractivity contribution is 0.0768. The predicted molar refractivity (Wildman–Crippen MR) is 95.6 cm³/mol. The Bertz CT molecular complexity index is 983. The second kappa shape index (κ2) is 8.20. The highest BCUT2D eigenvalue weighted by molar-refractivity contribution is 5.93. The van der Waals surface area contributed by atoms with Crippen molar-refractivity contribution in [2.45, 2.75) is 33.5 Å². The molecular formula is C19H20F2N4O3. The standard InChI is InChI=1S/C19H20F2N4O3/c1-4-25-14(7-8-22-25)10-24(3)19(26)18-15(12(2)28-23-18)11-27-17-6-5-13(20)9-16(17)21/h5-9H,4,10-11H2,1-3H3. The average Bonchev–Trinajstić information content (AvgIpc) is 3.26. The molecule has 0 atom stereocenters. The molecule has 9 heteroatoms. The number of hydrogen-bond donors (Lipinski definition) is 0. The molecule has 148 valence electrons. The molecule has 7 nitrogen and oxygen atoms in total. The fraction of sp³-hybridized carbons (Fsp3) is 0.316. The second-order valence-corrected chi connectivity index (χ2v) is 6.23. The van der Waals surface area contributed by atoms with Crippen LogP contribution in [0.5, 0.6) is 5.75 Å². The third kappa shape index (κ3) is 4.03. The normalized spacial score (nSPS) is 10.9. The maximum Gasteiger partial charge on any atom is 0.276 e. The molecule has 0 aliphatic carbocycles. The Morgan fingerprint density at radius 2 is 2.11 bits per heavy atom. The summed E-state index contributed by atoms with van der Waals surface area (Å²) in [6.07, 6.45) is 1.67. The molecule has 0 saturated heterocycles. The third-order valence-electron chi connectivity index (χ3n) is 4.30. The number of halogens is 2. The minimum Gasteiger partial charge on any atom is -0.486 e. The minimum absolute atomic E-state index is 0.0880. The zero-order chi connectivity index (χ0) is 20.3. The fourth-order valence-corrected chi connectivity index (χ4v) is 2.75. The summed E-state index contributed by atoms with van der Waals surface area (Å²) in [5.74, 6) is -1.63. The highest BCUT2D eigenvalue weighted by Crippen LogP contribution is 2.22. The monoisotopic (exact) mass is 390 g/mol. The van der Waals surface area contributed by atoms with E-state index >= 15 is 0 Å². The molecule has 1 amide bonds. The maximum atomic E-state index is 13.8. The van der Waals surface area contributed by atoms with Crippen molar-refractivity contribution in [1.82, 2.24) is 19.8 Å². The van der Waals surface area contributed by atoms with Crippen LogP contribution >= 0.6 is 0 Å². The van der Waals surface area contributed by atoms with Crippen molar-refractivity contribution in [2.24, 2.45) is 0 Å². The molecule has 0 aliphatic rings. The van der Waals surface area contributed by atoms with Gasteiger partial charge in [-0.1, -0.05) is 5.16 Å². The van der Waals surface area contributed by atoms with E-state index in [1.54, 1.807) is 24.9 Å². The smallest absolute Gasteiger partial charge is 0.276 e. The van der Waals surface area contributed by atoms with Crippen molar-refractivity contribution in [3.05, 3.63) is 64.8 Å². The number of hydrogen-bond acceptors (Lipinski definition) is 5. The molecule has 0 N–H and O–H groups in total. The Labute approximate surface area is 160 Å². The van der Waals surface area contributed by atoms with E-state index in [-0.39, 0.29) is 24.0 Å². The van der Waals surface area contributed by atoms with Gasteiger partial charge in [-0.3, -0.25) is 9.48 Å². The summed E-state index contributed by atoms with van der Waals surface area (Å²) < 4.78 is 39.1. The zero-order valence-electron chi connectivity index (χ0n) is 15.8. The molecule has 0 spiro atoms. The number of amides is 1. The van der Waals surface area contributed by atoms with Gasteiger partial charge in [0.05, 0.1) is 17.8 Å². The van der Waals surface area contributed by atoms with E-state index in [4.69, 9.17) is 9.26 Å². The predicted octanol–water partition coefficient (Wildman–Crippen LogP) is 3.33. The largest absolute Gasteiger partial charge is 0.486 e. The van der Waals surface area contributed by atoms with Crippen LogP contribution < -0.4 is 4.74 Å². The quantitative estimate of drug-likeness (QED) is 0.619. The van der Waals surface area contributed by atoms with E-state index in [9.17, 15) is 13.6 Å². The number of rotatable bonds is 7. The van der Waals surface area contributed by atoms with Gasteiger partial charge in [0.25, 0.3) is 5.91 Å². The highest BCUT2D eigenvalue weighted by atomic mass is 19.1. The summed E-state index contributed by atoms with van der Waals surface area (Å²) >= 11 is 0. The first-order valence-electron chi connectivity index (χ1n) is 8.69. The third-order valence-corrected chi connectivity index (χ3v) is 4.30. The molecule has 0 fully saturated rings. The lowest BCUT2D eigenvalue weighted by atomic mass is 10.2. The van der Waals surface area contributed by atoms with Crippen LogP contribution in [0.3, 0.4) is 0 Å².